The molecule has 0 radical (unpaired) electrons. The maximum Gasteiger partial charge on any atom is 0.338 e. The van der Waals surface area contributed by atoms with Crippen molar-refractivity contribution in [2.24, 2.45) is 0 Å². The molecule has 1 amide bonds. The number of rotatable bonds is 5. The Kier molecular flexibility index (Phi) is 5.11. The number of amides is 1. The van der Waals surface area contributed by atoms with Gasteiger partial charge in [-0.3, -0.25) is 9.48 Å². The molecule has 0 unspecified atom stereocenters. The van der Waals surface area contributed by atoms with Crippen LogP contribution in [0.1, 0.15) is 41.2 Å². The fraction of sp³-hybridized carbons (Fsp3) is 0.389. The summed E-state index contributed by atoms with van der Waals surface area (Å²) in [5.74, 6) is -1.25. The van der Waals surface area contributed by atoms with Gasteiger partial charge in [0.1, 0.15) is 5.82 Å². The number of likely N-dealkylation sites (tertiary alicyclic amines) is 1. The summed E-state index contributed by atoms with van der Waals surface area (Å²) in [5, 5.41) is 13.1. The second-order valence-corrected chi connectivity index (χ2v) is 6.22. The van der Waals surface area contributed by atoms with Crippen molar-refractivity contribution in [1.82, 2.24) is 14.7 Å². The van der Waals surface area contributed by atoms with Crippen LogP contribution in [0.4, 0.5) is 4.39 Å². The predicted octanol–water partition coefficient (Wildman–Crippen LogP) is 2.52. The van der Waals surface area contributed by atoms with Gasteiger partial charge in [0.15, 0.2) is 0 Å². The molecule has 7 heteroatoms. The highest BCUT2D eigenvalue weighted by atomic mass is 19.1. The molecule has 1 fully saturated rings. The highest BCUT2D eigenvalue weighted by Crippen LogP contribution is 2.23. The number of aromatic carboxylic acids is 1. The lowest BCUT2D eigenvalue weighted by Gasteiger charge is -2.32. The standard InChI is InChI=1S/C18H20FN3O3/c19-16-4-2-1-3-13(16)5-6-17(23)21-9-7-15(8-10-21)22-12-14(11-20-22)18(24)25/h1-4,11-12,15H,5-10H2,(H,24,25). The topological polar surface area (TPSA) is 75.4 Å². The van der Waals surface area contributed by atoms with Crippen LogP contribution < -0.4 is 0 Å². The van der Waals surface area contributed by atoms with Gasteiger partial charge in [0, 0.05) is 25.7 Å². The van der Waals surface area contributed by atoms with Crippen LogP contribution in [0.15, 0.2) is 36.7 Å². The molecule has 1 aliphatic rings. The van der Waals surface area contributed by atoms with Crippen molar-refractivity contribution in [2.45, 2.75) is 31.7 Å². The fourth-order valence-electron chi connectivity index (χ4n) is 3.13. The van der Waals surface area contributed by atoms with Crippen molar-refractivity contribution in [3.63, 3.8) is 0 Å². The number of carboxylic acid groups (broad SMARTS) is 1. The summed E-state index contributed by atoms with van der Waals surface area (Å²) in [7, 11) is 0. The van der Waals surface area contributed by atoms with Gasteiger partial charge in [0.05, 0.1) is 17.8 Å². The molecule has 0 saturated carbocycles. The first-order valence-corrected chi connectivity index (χ1v) is 8.33. The Labute approximate surface area is 144 Å². The molecule has 6 nitrogen and oxygen atoms in total. The van der Waals surface area contributed by atoms with Gasteiger partial charge in [-0.25, -0.2) is 9.18 Å². The maximum atomic E-state index is 13.6. The van der Waals surface area contributed by atoms with Crippen molar-refractivity contribution in [1.29, 1.82) is 0 Å². The fourth-order valence-corrected chi connectivity index (χ4v) is 3.13. The van der Waals surface area contributed by atoms with Crippen LogP contribution in [-0.4, -0.2) is 44.8 Å². The molecule has 1 aromatic carbocycles. The van der Waals surface area contributed by atoms with Crippen LogP contribution >= 0.6 is 0 Å². The van der Waals surface area contributed by atoms with Crippen LogP contribution in [0.25, 0.3) is 0 Å². The Morgan fingerprint density at radius 1 is 1.24 bits per heavy atom. The first-order chi connectivity index (χ1) is 12.0. The summed E-state index contributed by atoms with van der Waals surface area (Å²) < 4.78 is 15.3. The predicted molar refractivity (Wildman–Crippen MR) is 88.8 cm³/mol. The van der Waals surface area contributed by atoms with Gasteiger partial charge in [0.25, 0.3) is 0 Å². The zero-order chi connectivity index (χ0) is 17.8. The van der Waals surface area contributed by atoms with E-state index >= 15 is 0 Å². The first-order valence-electron chi connectivity index (χ1n) is 8.33. The summed E-state index contributed by atoms with van der Waals surface area (Å²) in [6.07, 6.45) is 5.01. The Hall–Kier alpha value is -2.70. The van der Waals surface area contributed by atoms with Gasteiger partial charge in [-0.05, 0) is 30.9 Å². The van der Waals surface area contributed by atoms with Crippen LogP contribution in [0.2, 0.25) is 0 Å². The molecule has 0 spiro atoms. The maximum absolute atomic E-state index is 13.6. The SMILES string of the molecule is O=C(O)c1cnn(C2CCN(C(=O)CCc3ccccc3F)CC2)c1. The molecule has 0 aliphatic carbocycles. The Bertz CT molecular complexity index is 766. The van der Waals surface area contributed by atoms with Crippen LogP contribution in [0, 0.1) is 5.82 Å². The van der Waals surface area contributed by atoms with Gasteiger partial charge < -0.3 is 10.0 Å². The van der Waals surface area contributed by atoms with E-state index in [9.17, 15) is 14.0 Å². The molecule has 25 heavy (non-hydrogen) atoms. The third-order valence-electron chi connectivity index (χ3n) is 4.61. The molecule has 132 valence electrons. The van der Waals surface area contributed by atoms with E-state index in [1.165, 1.54) is 18.5 Å². The van der Waals surface area contributed by atoms with E-state index in [2.05, 4.69) is 5.10 Å². The average Bonchev–Trinajstić information content (AvgIpc) is 3.11. The highest BCUT2D eigenvalue weighted by molar-refractivity contribution is 5.86. The third kappa shape index (κ3) is 4.04. The molecular weight excluding hydrogens is 325 g/mol. The summed E-state index contributed by atoms with van der Waals surface area (Å²) in [4.78, 5) is 25.0. The normalized spacial score (nSPS) is 15.3. The number of carbonyl (C=O) groups is 2. The van der Waals surface area contributed by atoms with Gasteiger partial charge in [0.2, 0.25) is 5.91 Å². The van der Waals surface area contributed by atoms with Gasteiger partial charge in [-0.15, -0.1) is 0 Å². The second kappa shape index (κ2) is 7.46. The minimum atomic E-state index is -0.994. The van der Waals surface area contributed by atoms with Crippen molar-refractivity contribution in [2.75, 3.05) is 13.1 Å². The molecule has 2 aromatic rings. The van der Waals surface area contributed by atoms with E-state index in [4.69, 9.17) is 5.11 Å². The van der Waals surface area contributed by atoms with Gasteiger partial charge in [-0.2, -0.15) is 5.10 Å². The molecule has 1 saturated heterocycles. The molecule has 1 aromatic heterocycles. The van der Waals surface area contributed by atoms with Crippen LogP contribution in [0.5, 0.6) is 0 Å². The number of carboxylic acids is 1. The number of hydrogen-bond acceptors (Lipinski definition) is 3. The first kappa shape index (κ1) is 17.1. The number of hydrogen-bond donors (Lipinski definition) is 1. The zero-order valence-corrected chi connectivity index (χ0v) is 13.8. The minimum absolute atomic E-state index is 0.0217. The largest absolute Gasteiger partial charge is 0.478 e. The molecular formula is C18H20FN3O3. The highest BCUT2D eigenvalue weighted by Gasteiger charge is 2.24. The lowest BCUT2D eigenvalue weighted by molar-refractivity contribution is -0.132. The smallest absolute Gasteiger partial charge is 0.338 e. The van der Waals surface area contributed by atoms with E-state index < -0.39 is 5.97 Å². The monoisotopic (exact) mass is 345 g/mol. The number of nitrogens with zero attached hydrogens (tertiary/aromatic N) is 3. The third-order valence-corrected chi connectivity index (χ3v) is 4.61. The second-order valence-electron chi connectivity index (χ2n) is 6.22. The van der Waals surface area contributed by atoms with E-state index in [1.807, 2.05) is 0 Å². The van der Waals surface area contributed by atoms with Crippen molar-refractivity contribution in [3.05, 3.63) is 53.6 Å². The van der Waals surface area contributed by atoms with Crippen molar-refractivity contribution in [3.8, 4) is 0 Å². The molecule has 3 rings (SSSR count). The minimum Gasteiger partial charge on any atom is -0.478 e. The van der Waals surface area contributed by atoms with E-state index in [0.717, 1.165) is 12.8 Å². The zero-order valence-electron chi connectivity index (χ0n) is 13.8. The number of piperidine rings is 1. The number of aromatic nitrogens is 2. The summed E-state index contributed by atoms with van der Waals surface area (Å²) >= 11 is 0. The molecule has 1 N–H and O–H groups in total. The number of halogens is 1. The van der Waals surface area contributed by atoms with E-state index in [0.29, 0.717) is 25.1 Å². The van der Waals surface area contributed by atoms with Crippen LogP contribution in [0.3, 0.4) is 0 Å². The molecule has 0 atom stereocenters. The van der Waals surface area contributed by atoms with Crippen LogP contribution in [-0.2, 0) is 11.2 Å². The summed E-state index contributed by atoms with van der Waals surface area (Å²) in [6.45, 7) is 1.20. The lowest BCUT2D eigenvalue weighted by atomic mass is 10.0. The summed E-state index contributed by atoms with van der Waals surface area (Å²) in [6, 6.07) is 6.61. The molecule has 0 bridgehead atoms. The summed E-state index contributed by atoms with van der Waals surface area (Å²) in [5.41, 5.74) is 0.729. The number of aryl methyl sites for hydroxylation is 1. The van der Waals surface area contributed by atoms with E-state index in [1.54, 1.807) is 27.8 Å². The van der Waals surface area contributed by atoms with Crippen molar-refractivity contribution >= 4 is 11.9 Å². The molecule has 1 aliphatic heterocycles. The average molecular weight is 345 g/mol. The number of carbonyl (C=O) groups excluding carboxylic acids is 1. The molecule has 2 heterocycles. The van der Waals surface area contributed by atoms with Gasteiger partial charge in [-0.1, -0.05) is 18.2 Å². The Morgan fingerprint density at radius 2 is 1.96 bits per heavy atom. The lowest BCUT2D eigenvalue weighted by Crippen LogP contribution is -2.39. The Morgan fingerprint density at radius 3 is 2.60 bits per heavy atom. The van der Waals surface area contributed by atoms with Crippen molar-refractivity contribution < 1.29 is 19.1 Å². The quantitative estimate of drug-likeness (QED) is 0.903. The van der Waals surface area contributed by atoms with E-state index in [-0.39, 0.29) is 29.8 Å². The van der Waals surface area contributed by atoms with Gasteiger partial charge >= 0.3 is 5.97 Å². The number of benzene rings is 1. The Balaban J connectivity index is 1.50.